The van der Waals surface area contributed by atoms with Crippen LogP contribution in [0.5, 0.6) is 28.7 Å². The monoisotopic (exact) mass is 455 g/mol. The molecular formula is C24H33LiO6P+. The molecule has 1 unspecified atom stereocenters. The third-order valence-electron chi connectivity index (χ3n) is 3.98. The van der Waals surface area contributed by atoms with E-state index in [1.54, 1.807) is 19.2 Å². The van der Waals surface area contributed by atoms with E-state index in [9.17, 15) is 4.79 Å². The van der Waals surface area contributed by atoms with Gasteiger partial charge in [-0.2, -0.15) is 0 Å². The van der Waals surface area contributed by atoms with Crippen LogP contribution in [0.4, 0.5) is 0 Å². The van der Waals surface area contributed by atoms with E-state index in [0.717, 1.165) is 5.30 Å². The van der Waals surface area contributed by atoms with Crippen molar-refractivity contribution < 1.29 is 47.3 Å². The molecule has 0 saturated heterocycles. The van der Waals surface area contributed by atoms with E-state index in [0.29, 0.717) is 34.3 Å². The molecule has 2 aromatic carbocycles. The van der Waals surface area contributed by atoms with Crippen LogP contribution in [0.1, 0.15) is 51.9 Å². The molecule has 6 nitrogen and oxygen atoms in total. The third kappa shape index (κ3) is 7.92. The van der Waals surface area contributed by atoms with Crippen LogP contribution < -0.4 is 47.8 Å². The topological polar surface area (TPSA) is 63.2 Å². The second-order valence-corrected chi connectivity index (χ2v) is 10.2. The molecule has 8 heteroatoms. The molecular weight excluding hydrogens is 422 g/mol. The van der Waals surface area contributed by atoms with Crippen LogP contribution in [0, 0.1) is 0 Å². The van der Waals surface area contributed by atoms with Gasteiger partial charge in [0, 0.05) is 23.5 Å². The molecule has 0 saturated carbocycles. The van der Waals surface area contributed by atoms with Gasteiger partial charge in [-0.3, -0.25) is 4.79 Å². The molecule has 170 valence electrons. The summed E-state index contributed by atoms with van der Waals surface area (Å²) < 4.78 is 28.3. The quantitative estimate of drug-likeness (QED) is 0.450. The number of hydrogen-bond acceptors (Lipinski definition) is 6. The molecule has 0 aliphatic rings. The van der Waals surface area contributed by atoms with Crippen molar-refractivity contribution in [1.29, 1.82) is 0 Å². The Morgan fingerprint density at radius 1 is 0.719 bits per heavy atom. The molecule has 2 aromatic rings. The molecule has 32 heavy (non-hydrogen) atoms. The zero-order chi connectivity index (χ0) is 23.4. The first-order valence-corrected chi connectivity index (χ1v) is 11.0. The van der Waals surface area contributed by atoms with Crippen molar-refractivity contribution in [2.75, 3.05) is 21.3 Å². The molecule has 0 aromatic heterocycles. The average Bonchev–Trinajstić information content (AvgIpc) is 2.66. The molecule has 0 radical (unpaired) electrons. The predicted octanol–water partition coefficient (Wildman–Crippen LogP) is 2.22. The molecule has 0 aliphatic heterocycles. The maximum absolute atomic E-state index is 13.3. The standard InChI is InChI=1S/C24H33O6P.Li/c1-23(2,3)29-15-10-11-20(17(12-15)30-24(4,5)6)31-22(25)21-18(27-8)13-16(26-7)14-19(21)28-9;/h10-14,31H,1-9H3;/q;+1. The zero-order valence-electron chi connectivity index (χ0n) is 20.8. The first kappa shape index (κ1) is 28.2. The molecule has 0 amide bonds. The SMILES string of the molecule is COc1cc(OC)c(C(=O)Pc2ccc(OC(C)(C)C)cc2OC(C)(C)C)c(OC)c1.[Li+]. The molecule has 0 bridgehead atoms. The van der Waals surface area contributed by atoms with Crippen LogP contribution in [-0.4, -0.2) is 38.1 Å². The second kappa shape index (κ2) is 11.3. The Morgan fingerprint density at radius 2 is 1.22 bits per heavy atom. The molecule has 0 heterocycles. The summed E-state index contributed by atoms with van der Waals surface area (Å²) in [5.74, 6) is 2.66. The van der Waals surface area contributed by atoms with Crippen molar-refractivity contribution in [2.24, 2.45) is 0 Å². The molecule has 1 atom stereocenters. The van der Waals surface area contributed by atoms with Crippen molar-refractivity contribution in [3.05, 3.63) is 35.9 Å². The van der Waals surface area contributed by atoms with Gasteiger partial charge in [-0.25, -0.2) is 0 Å². The number of carbonyl (C=O) groups is 1. The summed E-state index contributed by atoms with van der Waals surface area (Å²) in [6, 6.07) is 8.93. The normalized spacial score (nSPS) is 11.7. The fraction of sp³-hybridized carbons (Fsp3) is 0.458. The summed E-state index contributed by atoms with van der Waals surface area (Å²) in [7, 11) is 4.38. The Balaban J connectivity index is 0.00000512. The van der Waals surface area contributed by atoms with Gasteiger partial charge < -0.3 is 23.7 Å². The van der Waals surface area contributed by atoms with Gasteiger partial charge in [0.2, 0.25) is 0 Å². The molecule has 0 fully saturated rings. The van der Waals surface area contributed by atoms with Gasteiger partial charge >= 0.3 is 18.9 Å². The number of benzene rings is 2. The van der Waals surface area contributed by atoms with Gasteiger partial charge in [0.15, 0.2) is 5.52 Å². The first-order valence-electron chi connectivity index (χ1n) is 10.0. The van der Waals surface area contributed by atoms with E-state index >= 15 is 0 Å². The Kier molecular flexibility index (Phi) is 9.97. The van der Waals surface area contributed by atoms with E-state index < -0.39 is 5.60 Å². The molecule has 2 rings (SSSR count). The van der Waals surface area contributed by atoms with Crippen LogP contribution in [0.15, 0.2) is 30.3 Å². The van der Waals surface area contributed by atoms with Gasteiger partial charge in [-0.1, -0.05) is 0 Å². The fourth-order valence-electron chi connectivity index (χ4n) is 2.85. The average molecular weight is 455 g/mol. The predicted molar refractivity (Wildman–Crippen MR) is 126 cm³/mol. The minimum atomic E-state index is -0.432. The number of carbonyl (C=O) groups excluding carboxylic acids is 1. The largest absolute Gasteiger partial charge is 1.00 e. The van der Waals surface area contributed by atoms with Gasteiger partial charge in [-0.05, 0) is 62.3 Å². The van der Waals surface area contributed by atoms with Gasteiger partial charge in [-0.15, -0.1) is 0 Å². The van der Waals surface area contributed by atoms with E-state index in [1.165, 1.54) is 14.2 Å². The Labute approximate surface area is 205 Å². The smallest absolute Gasteiger partial charge is 0.496 e. The minimum Gasteiger partial charge on any atom is -0.496 e. The summed E-state index contributed by atoms with van der Waals surface area (Å²) in [5.41, 5.74) is -0.527. The van der Waals surface area contributed by atoms with Crippen LogP contribution in [0.25, 0.3) is 0 Å². The van der Waals surface area contributed by atoms with Gasteiger partial charge in [0.25, 0.3) is 0 Å². The van der Waals surface area contributed by atoms with Gasteiger partial charge in [0.05, 0.1) is 21.3 Å². The number of hydrogen-bond donors (Lipinski definition) is 0. The minimum absolute atomic E-state index is 0. The van der Waals surface area contributed by atoms with E-state index in [-0.39, 0.29) is 38.6 Å². The third-order valence-corrected chi connectivity index (χ3v) is 5.14. The van der Waals surface area contributed by atoms with Crippen LogP contribution in [0.3, 0.4) is 0 Å². The van der Waals surface area contributed by atoms with Crippen molar-refractivity contribution in [2.45, 2.75) is 52.7 Å². The maximum Gasteiger partial charge on any atom is 1.00 e. The first-order chi connectivity index (χ1) is 14.4. The van der Waals surface area contributed by atoms with Crippen molar-refractivity contribution in [1.82, 2.24) is 0 Å². The Bertz CT molecular complexity index is 906. The van der Waals surface area contributed by atoms with Crippen LogP contribution in [0.2, 0.25) is 0 Å². The number of rotatable bonds is 8. The fourth-order valence-corrected chi connectivity index (χ4v) is 3.88. The summed E-state index contributed by atoms with van der Waals surface area (Å²) in [6.07, 6.45) is 0. The number of methoxy groups -OCH3 is 3. The summed E-state index contributed by atoms with van der Waals surface area (Å²) in [6.45, 7) is 11.9. The van der Waals surface area contributed by atoms with Crippen LogP contribution >= 0.6 is 8.58 Å². The summed E-state index contributed by atoms with van der Waals surface area (Å²) >= 11 is 0. The van der Waals surface area contributed by atoms with Crippen molar-refractivity contribution in [3.8, 4) is 28.7 Å². The zero-order valence-corrected chi connectivity index (χ0v) is 21.8. The van der Waals surface area contributed by atoms with E-state index in [4.69, 9.17) is 23.7 Å². The maximum atomic E-state index is 13.3. The molecule has 0 aliphatic carbocycles. The molecule has 0 N–H and O–H groups in total. The van der Waals surface area contributed by atoms with Crippen molar-refractivity contribution in [3.63, 3.8) is 0 Å². The van der Waals surface area contributed by atoms with E-state index in [2.05, 4.69) is 0 Å². The Morgan fingerprint density at radius 3 is 1.66 bits per heavy atom. The second-order valence-electron chi connectivity index (χ2n) is 8.95. The Hall–Kier alpha value is -1.86. The molecule has 0 spiro atoms. The van der Waals surface area contributed by atoms with Crippen molar-refractivity contribution >= 4 is 19.4 Å². The summed E-state index contributed by atoms with van der Waals surface area (Å²) in [4.78, 5) is 13.3. The van der Waals surface area contributed by atoms with E-state index in [1.807, 2.05) is 59.7 Å². The summed E-state index contributed by atoms with van der Waals surface area (Å²) in [5, 5.41) is 0.779. The van der Waals surface area contributed by atoms with Gasteiger partial charge in [0.1, 0.15) is 45.5 Å². The van der Waals surface area contributed by atoms with Crippen LogP contribution in [-0.2, 0) is 0 Å². The number of ether oxygens (including phenoxy) is 5.